The van der Waals surface area contributed by atoms with E-state index in [9.17, 15) is 4.79 Å². The predicted molar refractivity (Wildman–Crippen MR) is 100.0 cm³/mol. The van der Waals surface area contributed by atoms with Crippen LogP contribution >= 0.6 is 0 Å². The Morgan fingerprint density at radius 1 is 1.36 bits per heavy atom. The number of pyridine rings is 1. The highest BCUT2D eigenvalue weighted by molar-refractivity contribution is 5.76. The summed E-state index contributed by atoms with van der Waals surface area (Å²) in [6, 6.07) is 4.44. The van der Waals surface area contributed by atoms with Crippen LogP contribution in [0.25, 0.3) is 5.65 Å². The van der Waals surface area contributed by atoms with Gasteiger partial charge in [0, 0.05) is 32.5 Å². The average Bonchev–Trinajstić information content (AvgIpc) is 3.00. The van der Waals surface area contributed by atoms with E-state index in [1.165, 1.54) is 12.8 Å². The van der Waals surface area contributed by atoms with Gasteiger partial charge < -0.3 is 9.80 Å². The lowest BCUT2D eigenvalue weighted by molar-refractivity contribution is -0.132. The minimum Gasteiger partial charge on any atom is -0.366 e. The average molecular weight is 343 g/mol. The monoisotopic (exact) mass is 343 g/mol. The third kappa shape index (κ3) is 3.62. The quantitative estimate of drug-likeness (QED) is 0.775. The molecule has 136 valence electrons. The molecule has 1 fully saturated rings. The second-order valence-corrected chi connectivity index (χ2v) is 7.12. The van der Waals surface area contributed by atoms with Gasteiger partial charge in [-0.1, -0.05) is 33.6 Å². The molecule has 1 amide bonds. The van der Waals surface area contributed by atoms with Crippen LogP contribution in [0, 0.1) is 0 Å². The largest absolute Gasteiger partial charge is 0.366 e. The minimum atomic E-state index is 0.210. The van der Waals surface area contributed by atoms with Gasteiger partial charge in [-0.15, -0.1) is 0 Å². The van der Waals surface area contributed by atoms with Crippen LogP contribution in [-0.4, -0.2) is 51.6 Å². The first-order valence-electron chi connectivity index (χ1n) is 9.40. The minimum absolute atomic E-state index is 0.210. The summed E-state index contributed by atoms with van der Waals surface area (Å²) < 4.78 is 1.89. The second kappa shape index (κ2) is 7.42. The number of hydrogen-bond acceptors (Lipinski definition) is 4. The van der Waals surface area contributed by atoms with Crippen molar-refractivity contribution in [1.29, 1.82) is 0 Å². The van der Waals surface area contributed by atoms with Crippen molar-refractivity contribution in [1.82, 2.24) is 19.5 Å². The van der Waals surface area contributed by atoms with Crippen LogP contribution in [0.15, 0.2) is 18.3 Å². The Bertz CT molecular complexity index is 734. The van der Waals surface area contributed by atoms with Gasteiger partial charge in [-0.3, -0.25) is 4.79 Å². The van der Waals surface area contributed by atoms with Crippen molar-refractivity contribution in [2.45, 2.75) is 58.4 Å². The van der Waals surface area contributed by atoms with Crippen LogP contribution in [0.4, 0.5) is 5.69 Å². The Labute approximate surface area is 149 Å². The number of fused-ring (bicyclic) bond motifs is 1. The summed E-state index contributed by atoms with van der Waals surface area (Å²) in [6.07, 6.45) is 6.16. The molecule has 1 saturated heterocycles. The number of unbranched alkanes of at least 4 members (excludes halogenated alkanes) is 1. The fraction of sp³-hybridized carbons (Fsp3) is 0.632. The van der Waals surface area contributed by atoms with Crippen LogP contribution in [0.1, 0.15) is 58.2 Å². The number of carbonyl (C=O) groups is 1. The van der Waals surface area contributed by atoms with Gasteiger partial charge in [-0.2, -0.15) is 5.10 Å². The van der Waals surface area contributed by atoms with Crippen LogP contribution in [0.5, 0.6) is 0 Å². The Morgan fingerprint density at radius 3 is 2.80 bits per heavy atom. The SMILES string of the molecule is CCCCC(C)c1nc2ccc(N3CC(N(C)C(=O)CC)C3)cn2n1. The molecule has 0 radical (unpaired) electrons. The number of aromatic nitrogens is 3. The highest BCUT2D eigenvalue weighted by atomic mass is 16.2. The van der Waals surface area contributed by atoms with E-state index < -0.39 is 0 Å². The van der Waals surface area contributed by atoms with Crippen molar-refractivity contribution in [3.8, 4) is 0 Å². The molecule has 6 heteroatoms. The summed E-state index contributed by atoms with van der Waals surface area (Å²) >= 11 is 0. The molecule has 25 heavy (non-hydrogen) atoms. The van der Waals surface area contributed by atoms with Crippen LogP contribution in [0.3, 0.4) is 0 Å². The standard InChI is InChI=1S/C19H29N5O/c1-5-7-8-14(3)19-20-17-10-9-15(13-24(17)21-19)23-11-16(12-23)22(4)18(25)6-2/h9-10,13-14,16H,5-8,11-12H2,1-4H3. The van der Waals surface area contributed by atoms with Gasteiger partial charge in [0.1, 0.15) is 0 Å². The number of rotatable bonds is 7. The van der Waals surface area contributed by atoms with Gasteiger partial charge in [0.05, 0.1) is 17.9 Å². The summed E-state index contributed by atoms with van der Waals surface area (Å²) in [5.41, 5.74) is 2.04. The molecule has 1 atom stereocenters. The van der Waals surface area contributed by atoms with Crippen molar-refractivity contribution in [2.75, 3.05) is 25.0 Å². The maximum absolute atomic E-state index is 11.8. The van der Waals surface area contributed by atoms with Gasteiger partial charge in [0.25, 0.3) is 0 Å². The molecule has 0 aromatic carbocycles. The molecule has 0 aliphatic carbocycles. The molecule has 0 spiro atoms. The Morgan fingerprint density at radius 2 is 2.12 bits per heavy atom. The number of hydrogen-bond donors (Lipinski definition) is 0. The molecular weight excluding hydrogens is 314 g/mol. The van der Waals surface area contributed by atoms with Crippen molar-refractivity contribution >= 4 is 17.2 Å². The van der Waals surface area contributed by atoms with Crippen molar-refractivity contribution < 1.29 is 4.79 Å². The molecule has 6 nitrogen and oxygen atoms in total. The topological polar surface area (TPSA) is 53.7 Å². The van der Waals surface area contributed by atoms with Crippen LogP contribution in [0.2, 0.25) is 0 Å². The summed E-state index contributed by atoms with van der Waals surface area (Å²) in [6.45, 7) is 8.07. The number of anilines is 1. The smallest absolute Gasteiger partial charge is 0.222 e. The summed E-state index contributed by atoms with van der Waals surface area (Å²) in [4.78, 5) is 20.6. The lowest BCUT2D eigenvalue weighted by atomic mass is 10.0. The Hall–Kier alpha value is -2.11. The molecule has 2 aromatic heterocycles. The fourth-order valence-electron chi connectivity index (χ4n) is 3.29. The highest BCUT2D eigenvalue weighted by Crippen LogP contribution is 2.25. The highest BCUT2D eigenvalue weighted by Gasteiger charge is 2.32. The van der Waals surface area contributed by atoms with Crippen molar-refractivity contribution in [3.05, 3.63) is 24.2 Å². The molecule has 2 aromatic rings. The first kappa shape index (κ1) is 17.7. The maximum atomic E-state index is 11.8. The van der Waals surface area contributed by atoms with E-state index in [1.54, 1.807) is 0 Å². The Kier molecular flexibility index (Phi) is 5.25. The zero-order chi connectivity index (χ0) is 18.0. The van der Waals surface area contributed by atoms with E-state index in [-0.39, 0.29) is 5.91 Å². The predicted octanol–water partition coefficient (Wildman–Crippen LogP) is 3.08. The van der Waals surface area contributed by atoms with Crippen molar-refractivity contribution in [2.24, 2.45) is 0 Å². The summed E-state index contributed by atoms with van der Waals surface area (Å²) in [5.74, 6) is 1.54. The fourth-order valence-corrected chi connectivity index (χ4v) is 3.29. The maximum Gasteiger partial charge on any atom is 0.222 e. The van der Waals surface area contributed by atoms with E-state index >= 15 is 0 Å². The number of likely N-dealkylation sites (N-methyl/N-ethyl adjacent to an activating group) is 1. The molecule has 1 unspecified atom stereocenters. The number of carbonyl (C=O) groups excluding carboxylic acids is 1. The van der Waals surface area contributed by atoms with Gasteiger partial charge in [0.2, 0.25) is 5.91 Å². The lowest BCUT2D eigenvalue weighted by Gasteiger charge is -2.45. The van der Waals surface area contributed by atoms with Gasteiger partial charge in [-0.05, 0) is 18.6 Å². The van der Waals surface area contributed by atoms with E-state index in [0.717, 1.165) is 36.7 Å². The Balaban J connectivity index is 1.67. The molecule has 0 bridgehead atoms. The van der Waals surface area contributed by atoms with Gasteiger partial charge in [-0.25, -0.2) is 9.50 Å². The number of nitrogens with zero attached hydrogens (tertiary/aromatic N) is 5. The first-order chi connectivity index (χ1) is 12.0. The van der Waals surface area contributed by atoms with Gasteiger partial charge >= 0.3 is 0 Å². The summed E-state index contributed by atoms with van der Waals surface area (Å²) in [5, 5.41) is 4.68. The van der Waals surface area contributed by atoms with Crippen LogP contribution < -0.4 is 4.90 Å². The molecule has 3 rings (SSSR count). The van der Waals surface area contributed by atoms with Crippen molar-refractivity contribution in [3.63, 3.8) is 0 Å². The van der Waals surface area contributed by atoms with E-state index in [0.29, 0.717) is 18.4 Å². The lowest BCUT2D eigenvalue weighted by Crippen LogP contribution is -2.59. The van der Waals surface area contributed by atoms with Crippen LogP contribution in [-0.2, 0) is 4.79 Å². The molecule has 3 heterocycles. The number of amides is 1. The second-order valence-electron chi connectivity index (χ2n) is 7.12. The zero-order valence-electron chi connectivity index (χ0n) is 15.8. The molecule has 0 N–H and O–H groups in total. The summed E-state index contributed by atoms with van der Waals surface area (Å²) in [7, 11) is 1.90. The van der Waals surface area contributed by atoms with E-state index in [1.807, 2.05) is 29.5 Å². The molecular formula is C19H29N5O. The zero-order valence-corrected chi connectivity index (χ0v) is 15.8. The van der Waals surface area contributed by atoms with E-state index in [4.69, 9.17) is 0 Å². The molecule has 1 aliphatic rings. The third-order valence-electron chi connectivity index (χ3n) is 5.23. The molecule has 1 aliphatic heterocycles. The van der Waals surface area contributed by atoms with Gasteiger partial charge in [0.15, 0.2) is 11.5 Å². The molecule has 0 saturated carbocycles. The first-order valence-corrected chi connectivity index (χ1v) is 9.40. The normalized spacial score (nSPS) is 16.1. The van der Waals surface area contributed by atoms with E-state index in [2.05, 4.69) is 41.1 Å². The third-order valence-corrected chi connectivity index (χ3v) is 5.23.